The summed E-state index contributed by atoms with van der Waals surface area (Å²) in [6.07, 6.45) is 2.65. The van der Waals surface area contributed by atoms with E-state index in [0.29, 0.717) is 12.5 Å². The number of benzene rings is 1. The Morgan fingerprint density at radius 1 is 1.18 bits per heavy atom. The van der Waals surface area contributed by atoms with Gasteiger partial charge >= 0.3 is 0 Å². The second kappa shape index (κ2) is 6.28. The maximum absolute atomic E-state index is 5.80. The van der Waals surface area contributed by atoms with Crippen LogP contribution in [0.15, 0.2) is 53.8 Å². The van der Waals surface area contributed by atoms with Crippen LogP contribution < -0.4 is 10.7 Å². The van der Waals surface area contributed by atoms with Gasteiger partial charge in [0.05, 0.1) is 11.8 Å². The minimum absolute atomic E-state index is 0.176. The Labute approximate surface area is 131 Å². The van der Waals surface area contributed by atoms with Crippen LogP contribution in [0, 0.1) is 0 Å². The van der Waals surface area contributed by atoms with E-state index < -0.39 is 0 Å². The van der Waals surface area contributed by atoms with Crippen LogP contribution in [0.4, 0.5) is 5.82 Å². The van der Waals surface area contributed by atoms with Crippen LogP contribution >= 0.6 is 0 Å². The molecule has 2 N–H and O–H groups in total. The molecular weight excluding hydrogens is 272 g/mol. The van der Waals surface area contributed by atoms with Crippen LogP contribution in [-0.2, 0) is 0 Å². The highest BCUT2D eigenvalue weighted by molar-refractivity contribution is 5.90. The summed E-state index contributed by atoms with van der Waals surface area (Å²) in [6, 6.07) is 14.9. The topological polar surface area (TPSA) is 54.5 Å². The van der Waals surface area contributed by atoms with Crippen LogP contribution in [0.25, 0.3) is 0 Å². The Hall–Kier alpha value is -2.20. The predicted molar refractivity (Wildman–Crippen MR) is 91.1 cm³/mol. The Kier molecular flexibility index (Phi) is 4.20. The number of aromatic nitrogens is 1. The Balaban J connectivity index is 1.91. The van der Waals surface area contributed by atoms with Crippen molar-refractivity contribution in [2.75, 3.05) is 11.6 Å². The first-order chi connectivity index (χ1) is 10.7. The van der Waals surface area contributed by atoms with Crippen molar-refractivity contribution in [3.05, 3.63) is 59.8 Å². The van der Waals surface area contributed by atoms with Crippen molar-refractivity contribution in [3.63, 3.8) is 0 Å². The highest BCUT2D eigenvalue weighted by Gasteiger charge is 2.29. The van der Waals surface area contributed by atoms with Crippen LogP contribution in [0.2, 0.25) is 0 Å². The first-order valence-electron chi connectivity index (χ1n) is 7.75. The molecule has 0 spiro atoms. The van der Waals surface area contributed by atoms with E-state index in [-0.39, 0.29) is 6.04 Å². The second-order valence-corrected chi connectivity index (χ2v) is 5.94. The molecule has 2 heterocycles. The molecule has 4 nitrogen and oxygen atoms in total. The molecule has 0 radical (unpaired) electrons. The third kappa shape index (κ3) is 2.88. The van der Waals surface area contributed by atoms with Crippen LogP contribution in [-0.4, -0.2) is 17.2 Å². The second-order valence-electron chi connectivity index (χ2n) is 5.94. The third-order valence-electron chi connectivity index (χ3n) is 4.08. The van der Waals surface area contributed by atoms with Crippen LogP contribution in [0.3, 0.4) is 0 Å². The van der Waals surface area contributed by atoms with Gasteiger partial charge in [-0.1, -0.05) is 44.2 Å². The minimum Gasteiger partial charge on any atom is -0.325 e. The summed E-state index contributed by atoms with van der Waals surface area (Å²) >= 11 is 0. The third-order valence-corrected chi connectivity index (χ3v) is 4.08. The Bertz CT molecular complexity index is 647. The molecule has 0 saturated carbocycles. The monoisotopic (exact) mass is 294 g/mol. The highest BCUT2D eigenvalue weighted by Crippen LogP contribution is 2.34. The van der Waals surface area contributed by atoms with Crippen molar-refractivity contribution in [1.82, 2.24) is 4.98 Å². The van der Waals surface area contributed by atoms with Gasteiger partial charge in [-0.25, -0.2) is 9.99 Å². The molecular formula is C18H22N4. The quantitative estimate of drug-likeness (QED) is 0.939. The number of anilines is 1. The molecule has 1 aliphatic heterocycles. The average molecular weight is 294 g/mol. The van der Waals surface area contributed by atoms with Gasteiger partial charge in [0, 0.05) is 19.2 Å². The van der Waals surface area contributed by atoms with Gasteiger partial charge in [0.2, 0.25) is 0 Å². The van der Waals surface area contributed by atoms with Crippen LogP contribution in [0.1, 0.15) is 43.4 Å². The van der Waals surface area contributed by atoms with E-state index in [2.05, 4.69) is 48.2 Å². The zero-order valence-electron chi connectivity index (χ0n) is 13.1. The fourth-order valence-corrected chi connectivity index (χ4v) is 2.76. The molecule has 1 atom stereocenters. The lowest BCUT2D eigenvalue weighted by molar-refractivity contribution is 0.697. The van der Waals surface area contributed by atoms with Gasteiger partial charge in [-0.2, -0.15) is 5.10 Å². The number of nitrogens with two attached hydrogens (primary N) is 1. The van der Waals surface area contributed by atoms with Crippen LogP contribution in [0.5, 0.6) is 0 Å². The van der Waals surface area contributed by atoms with Gasteiger partial charge in [-0.15, -0.1) is 0 Å². The van der Waals surface area contributed by atoms with Gasteiger partial charge in [0.1, 0.15) is 5.82 Å². The fraction of sp³-hybridized carbons (Fsp3) is 0.333. The largest absolute Gasteiger partial charge is 0.325 e. The Morgan fingerprint density at radius 2 is 1.95 bits per heavy atom. The molecule has 114 valence electrons. The SMILES string of the molecule is CC(C)c1ccc(C2CC(CN)=NN2c2ccccn2)cc1. The fourth-order valence-electron chi connectivity index (χ4n) is 2.76. The van der Waals surface area contributed by atoms with E-state index in [1.807, 2.05) is 23.2 Å². The molecule has 1 aromatic heterocycles. The maximum atomic E-state index is 5.80. The molecule has 22 heavy (non-hydrogen) atoms. The lowest BCUT2D eigenvalue weighted by Crippen LogP contribution is -2.19. The number of nitrogens with zero attached hydrogens (tertiary/aromatic N) is 3. The zero-order chi connectivity index (χ0) is 15.5. The predicted octanol–water partition coefficient (Wildman–Crippen LogP) is 3.47. The maximum Gasteiger partial charge on any atom is 0.149 e. The van der Waals surface area contributed by atoms with E-state index >= 15 is 0 Å². The Morgan fingerprint density at radius 3 is 2.55 bits per heavy atom. The minimum atomic E-state index is 0.176. The summed E-state index contributed by atoms with van der Waals surface area (Å²) in [5.74, 6) is 1.41. The number of hydrogen-bond donors (Lipinski definition) is 1. The summed E-state index contributed by atoms with van der Waals surface area (Å²) in [7, 11) is 0. The summed E-state index contributed by atoms with van der Waals surface area (Å²) in [5, 5.41) is 6.65. The van der Waals surface area contributed by atoms with E-state index in [4.69, 9.17) is 5.73 Å². The average Bonchev–Trinajstić information content (AvgIpc) is 3.00. The van der Waals surface area contributed by atoms with Crippen molar-refractivity contribution in [1.29, 1.82) is 0 Å². The van der Waals surface area contributed by atoms with Crippen molar-refractivity contribution >= 4 is 11.5 Å². The lowest BCUT2D eigenvalue weighted by atomic mass is 9.97. The molecule has 1 aliphatic rings. The van der Waals surface area contributed by atoms with Gasteiger partial charge in [0.15, 0.2) is 0 Å². The molecule has 3 rings (SSSR count). The molecule has 0 fully saturated rings. The summed E-state index contributed by atoms with van der Waals surface area (Å²) in [4.78, 5) is 4.43. The van der Waals surface area contributed by atoms with E-state index in [1.54, 1.807) is 6.20 Å². The van der Waals surface area contributed by atoms with Gasteiger partial charge in [0.25, 0.3) is 0 Å². The van der Waals surface area contributed by atoms with E-state index in [0.717, 1.165) is 18.0 Å². The number of hydrogen-bond acceptors (Lipinski definition) is 4. The van der Waals surface area contributed by atoms with E-state index in [1.165, 1.54) is 11.1 Å². The molecule has 0 aliphatic carbocycles. The summed E-state index contributed by atoms with van der Waals surface area (Å²) in [5.41, 5.74) is 9.42. The smallest absolute Gasteiger partial charge is 0.149 e. The number of pyridine rings is 1. The molecule has 1 unspecified atom stereocenters. The first-order valence-corrected chi connectivity index (χ1v) is 7.75. The molecule has 2 aromatic rings. The first kappa shape index (κ1) is 14.7. The molecule has 0 bridgehead atoms. The van der Waals surface area contributed by atoms with Crippen molar-refractivity contribution in [2.45, 2.75) is 32.2 Å². The van der Waals surface area contributed by atoms with Gasteiger partial charge in [-0.05, 0) is 29.2 Å². The lowest BCUT2D eigenvalue weighted by Gasteiger charge is -2.23. The van der Waals surface area contributed by atoms with E-state index in [9.17, 15) is 0 Å². The summed E-state index contributed by atoms with van der Waals surface area (Å²) < 4.78 is 0. The zero-order valence-corrected chi connectivity index (χ0v) is 13.1. The van der Waals surface area contributed by atoms with Crippen molar-refractivity contribution in [3.8, 4) is 0 Å². The molecule has 1 aromatic carbocycles. The molecule has 4 heteroatoms. The van der Waals surface area contributed by atoms with Crippen molar-refractivity contribution < 1.29 is 0 Å². The normalized spacial score (nSPS) is 17.9. The highest BCUT2D eigenvalue weighted by atomic mass is 15.5. The van der Waals surface area contributed by atoms with Crippen molar-refractivity contribution in [2.24, 2.45) is 10.8 Å². The standard InChI is InChI=1S/C18H22N4/c1-13(2)14-6-8-15(9-7-14)17-11-16(12-19)21-22(17)18-5-3-4-10-20-18/h3-10,13,17H,11-12,19H2,1-2H3. The number of hydrazone groups is 1. The van der Waals surface area contributed by atoms with Gasteiger partial charge in [-0.3, -0.25) is 0 Å². The molecule has 0 saturated heterocycles. The summed E-state index contributed by atoms with van der Waals surface area (Å²) in [6.45, 7) is 4.91. The van der Waals surface area contributed by atoms with Gasteiger partial charge < -0.3 is 5.73 Å². The number of rotatable bonds is 4. The molecule has 0 amide bonds.